The Morgan fingerprint density at radius 2 is 1.94 bits per heavy atom. The fourth-order valence-electron chi connectivity index (χ4n) is 4.80. The maximum Gasteiger partial charge on any atom is 0.229 e. The number of rotatable bonds is 6. The van der Waals surface area contributed by atoms with E-state index in [1.54, 1.807) is 6.20 Å². The molecule has 2 aliphatic heterocycles. The van der Waals surface area contributed by atoms with Crippen LogP contribution in [-0.2, 0) is 4.79 Å². The van der Waals surface area contributed by atoms with Crippen LogP contribution in [0, 0.1) is 11.8 Å². The molecule has 0 saturated carbocycles. The molecule has 2 aromatic rings. The van der Waals surface area contributed by atoms with Crippen molar-refractivity contribution in [1.82, 2.24) is 19.9 Å². The topological polar surface area (TPSA) is 74.2 Å². The van der Waals surface area contributed by atoms with E-state index in [0.29, 0.717) is 17.9 Å². The molecule has 1 atom stereocenters. The van der Waals surface area contributed by atoms with Crippen molar-refractivity contribution >= 4 is 17.5 Å². The first-order chi connectivity index (χ1) is 14.9. The van der Waals surface area contributed by atoms with E-state index in [2.05, 4.69) is 58.8 Å². The van der Waals surface area contributed by atoms with Gasteiger partial charge in [0.05, 0.1) is 17.6 Å². The Bertz CT molecular complexity index is 906. The number of aromatic nitrogens is 3. The second-order valence-corrected chi connectivity index (χ2v) is 9.50. The zero-order valence-electron chi connectivity index (χ0n) is 19.1. The number of amides is 1. The Balaban J connectivity index is 1.43. The minimum absolute atomic E-state index is 0.0328. The molecule has 7 heteroatoms. The van der Waals surface area contributed by atoms with Crippen molar-refractivity contribution < 1.29 is 4.79 Å². The SMILES string of the molecule is CC(C)CN1CCC(C(=O)Nc2nccc(C3CN(C(C)C)c4cnccc43)n2)CC1. The highest BCUT2D eigenvalue weighted by Crippen LogP contribution is 2.39. The van der Waals surface area contributed by atoms with E-state index in [9.17, 15) is 4.79 Å². The fourth-order valence-corrected chi connectivity index (χ4v) is 4.80. The first kappa shape index (κ1) is 21.7. The lowest BCUT2D eigenvalue weighted by Gasteiger charge is -2.32. The van der Waals surface area contributed by atoms with Gasteiger partial charge in [-0.25, -0.2) is 9.97 Å². The van der Waals surface area contributed by atoms with Gasteiger partial charge in [-0.1, -0.05) is 13.8 Å². The van der Waals surface area contributed by atoms with Crippen LogP contribution in [0.2, 0.25) is 0 Å². The van der Waals surface area contributed by atoms with Crippen molar-refractivity contribution in [3.63, 3.8) is 0 Å². The molecule has 0 bridgehead atoms. The fraction of sp³-hybridized carbons (Fsp3) is 0.583. The summed E-state index contributed by atoms with van der Waals surface area (Å²) < 4.78 is 0. The van der Waals surface area contributed by atoms with Crippen LogP contribution < -0.4 is 10.2 Å². The van der Waals surface area contributed by atoms with Gasteiger partial charge in [-0.3, -0.25) is 15.1 Å². The van der Waals surface area contributed by atoms with Gasteiger partial charge in [0.25, 0.3) is 0 Å². The predicted octanol–water partition coefficient (Wildman–Crippen LogP) is 3.54. The van der Waals surface area contributed by atoms with Crippen LogP contribution in [0.5, 0.6) is 0 Å². The number of nitrogens with zero attached hydrogens (tertiary/aromatic N) is 5. The smallest absolute Gasteiger partial charge is 0.229 e. The zero-order chi connectivity index (χ0) is 22.0. The Morgan fingerprint density at radius 3 is 2.65 bits per heavy atom. The number of likely N-dealkylation sites (tertiary alicyclic amines) is 1. The highest BCUT2D eigenvalue weighted by atomic mass is 16.2. The van der Waals surface area contributed by atoms with Crippen molar-refractivity contribution in [1.29, 1.82) is 0 Å². The molecule has 0 radical (unpaired) electrons. The molecule has 1 amide bonds. The second kappa shape index (κ2) is 9.30. The van der Waals surface area contributed by atoms with Crippen LogP contribution in [0.1, 0.15) is 57.7 Å². The summed E-state index contributed by atoms with van der Waals surface area (Å²) in [7, 11) is 0. The van der Waals surface area contributed by atoms with Gasteiger partial charge in [-0.15, -0.1) is 0 Å². The van der Waals surface area contributed by atoms with Gasteiger partial charge in [0.1, 0.15) is 0 Å². The number of anilines is 2. The molecule has 1 saturated heterocycles. The third-order valence-electron chi connectivity index (χ3n) is 6.37. The maximum atomic E-state index is 12.8. The van der Waals surface area contributed by atoms with Crippen LogP contribution in [0.15, 0.2) is 30.7 Å². The van der Waals surface area contributed by atoms with Crippen molar-refractivity contribution in [3.8, 4) is 0 Å². The van der Waals surface area contributed by atoms with Gasteiger partial charge in [-0.05, 0) is 63.4 Å². The standard InChI is InChI=1S/C24H34N6O/c1-16(2)14-29-11-7-18(8-12-29)23(31)28-24-26-10-6-21(27-24)20-15-30(17(3)4)22-13-25-9-5-19(20)22/h5-6,9-10,13,16-18,20H,7-8,11-12,14-15H2,1-4H3,(H,26,27,28,31). The van der Waals surface area contributed by atoms with E-state index in [0.717, 1.165) is 44.7 Å². The van der Waals surface area contributed by atoms with Gasteiger partial charge in [0.15, 0.2) is 0 Å². The molecule has 2 aliphatic rings. The summed E-state index contributed by atoms with van der Waals surface area (Å²) >= 11 is 0. The summed E-state index contributed by atoms with van der Waals surface area (Å²) in [5.74, 6) is 1.29. The minimum atomic E-state index is 0.0328. The average Bonchev–Trinajstić information content (AvgIpc) is 3.14. The van der Waals surface area contributed by atoms with E-state index in [1.807, 2.05) is 18.5 Å². The molecular formula is C24H34N6O. The number of pyridine rings is 1. The minimum Gasteiger partial charge on any atom is -0.367 e. The molecule has 2 aromatic heterocycles. The van der Waals surface area contributed by atoms with Crippen molar-refractivity contribution in [2.45, 2.75) is 52.5 Å². The first-order valence-corrected chi connectivity index (χ1v) is 11.5. The van der Waals surface area contributed by atoms with Gasteiger partial charge in [0.2, 0.25) is 11.9 Å². The number of nitrogens with one attached hydrogen (secondary N) is 1. The molecule has 4 heterocycles. The monoisotopic (exact) mass is 422 g/mol. The summed E-state index contributed by atoms with van der Waals surface area (Å²) in [5.41, 5.74) is 3.34. The molecule has 1 N–H and O–H groups in total. The molecule has 1 fully saturated rings. The van der Waals surface area contributed by atoms with Gasteiger partial charge < -0.3 is 9.80 Å². The number of fused-ring (bicyclic) bond motifs is 1. The molecule has 166 valence electrons. The number of piperidine rings is 1. The lowest BCUT2D eigenvalue weighted by atomic mass is 9.95. The molecule has 0 aliphatic carbocycles. The summed E-state index contributed by atoms with van der Waals surface area (Å²) in [6.45, 7) is 12.8. The Hall–Kier alpha value is -2.54. The highest BCUT2D eigenvalue weighted by molar-refractivity contribution is 5.91. The van der Waals surface area contributed by atoms with Gasteiger partial charge in [0, 0.05) is 43.4 Å². The maximum absolute atomic E-state index is 12.8. The quantitative estimate of drug-likeness (QED) is 0.768. The molecule has 0 aromatic carbocycles. The van der Waals surface area contributed by atoms with Crippen LogP contribution in [0.25, 0.3) is 0 Å². The number of carbonyl (C=O) groups is 1. The van der Waals surface area contributed by atoms with Gasteiger partial charge in [-0.2, -0.15) is 0 Å². The number of hydrogen-bond acceptors (Lipinski definition) is 6. The van der Waals surface area contributed by atoms with E-state index < -0.39 is 0 Å². The summed E-state index contributed by atoms with van der Waals surface area (Å²) in [6.07, 6.45) is 7.31. The molecular weight excluding hydrogens is 388 g/mol. The highest BCUT2D eigenvalue weighted by Gasteiger charge is 2.32. The lowest BCUT2D eigenvalue weighted by molar-refractivity contribution is -0.121. The molecule has 31 heavy (non-hydrogen) atoms. The lowest BCUT2D eigenvalue weighted by Crippen LogP contribution is -2.39. The van der Waals surface area contributed by atoms with E-state index in [4.69, 9.17) is 4.98 Å². The Kier molecular flexibility index (Phi) is 6.51. The largest absolute Gasteiger partial charge is 0.367 e. The molecule has 1 unspecified atom stereocenters. The van der Waals surface area contributed by atoms with Crippen LogP contribution >= 0.6 is 0 Å². The number of hydrogen-bond donors (Lipinski definition) is 1. The zero-order valence-corrected chi connectivity index (χ0v) is 19.1. The first-order valence-electron chi connectivity index (χ1n) is 11.5. The summed E-state index contributed by atoms with van der Waals surface area (Å²) in [5, 5.41) is 2.98. The molecule has 0 spiro atoms. The summed E-state index contributed by atoms with van der Waals surface area (Å²) in [6, 6.07) is 4.42. The number of carbonyl (C=O) groups excluding carboxylic acids is 1. The third-order valence-corrected chi connectivity index (χ3v) is 6.37. The van der Waals surface area contributed by atoms with E-state index in [1.165, 1.54) is 11.3 Å². The van der Waals surface area contributed by atoms with Crippen LogP contribution in [-0.4, -0.2) is 58.0 Å². The normalized spacial score (nSPS) is 19.8. The molecule has 4 rings (SSSR count). The average molecular weight is 423 g/mol. The second-order valence-electron chi connectivity index (χ2n) is 9.50. The van der Waals surface area contributed by atoms with Crippen LogP contribution in [0.3, 0.4) is 0 Å². The Labute approximate surface area is 185 Å². The third kappa shape index (κ3) is 4.87. The van der Waals surface area contributed by atoms with E-state index >= 15 is 0 Å². The van der Waals surface area contributed by atoms with Gasteiger partial charge >= 0.3 is 0 Å². The van der Waals surface area contributed by atoms with Crippen molar-refractivity contribution in [3.05, 3.63) is 42.0 Å². The van der Waals surface area contributed by atoms with Crippen molar-refractivity contribution in [2.24, 2.45) is 11.8 Å². The van der Waals surface area contributed by atoms with Crippen LogP contribution in [0.4, 0.5) is 11.6 Å². The molecule has 7 nitrogen and oxygen atoms in total. The van der Waals surface area contributed by atoms with E-state index in [-0.39, 0.29) is 17.7 Å². The predicted molar refractivity (Wildman–Crippen MR) is 123 cm³/mol. The van der Waals surface area contributed by atoms with Crippen molar-refractivity contribution in [2.75, 3.05) is 36.4 Å². The summed E-state index contributed by atoms with van der Waals surface area (Å²) in [4.78, 5) is 31.0. The Morgan fingerprint density at radius 1 is 1.16 bits per heavy atom.